The molecule has 0 radical (unpaired) electrons. The molecular formula is C20H17Cl2N3O2S. The second-order valence-electron chi connectivity index (χ2n) is 6.16. The van der Waals surface area contributed by atoms with Gasteiger partial charge in [0.25, 0.3) is 10.0 Å². The first-order valence-corrected chi connectivity index (χ1v) is 10.5. The zero-order valence-corrected chi connectivity index (χ0v) is 17.7. The third kappa shape index (κ3) is 4.17. The fraction of sp³-hybridized carbons (Fsp3) is 0.150. The number of rotatable bonds is 3. The standard InChI is InChI=1S/C20H17Cl2N3O2S/c1-13-19(14(2)25(3)23-13)24-28(26,27)20-17(21)11-16(12-18(20)22)10-9-15-7-5-4-6-8-15/h4-8,11-12,24H,1-3H3. The summed E-state index contributed by atoms with van der Waals surface area (Å²) in [6.07, 6.45) is 0. The van der Waals surface area contributed by atoms with Gasteiger partial charge in [-0.05, 0) is 38.1 Å². The highest BCUT2D eigenvalue weighted by molar-refractivity contribution is 7.93. The Hall–Kier alpha value is -2.46. The lowest BCUT2D eigenvalue weighted by atomic mass is 10.2. The van der Waals surface area contributed by atoms with Crippen molar-refractivity contribution in [2.75, 3.05) is 4.72 Å². The molecule has 0 fully saturated rings. The van der Waals surface area contributed by atoms with Gasteiger partial charge in [0.15, 0.2) is 0 Å². The first kappa shape index (κ1) is 20.3. The van der Waals surface area contributed by atoms with Crippen LogP contribution in [-0.4, -0.2) is 18.2 Å². The van der Waals surface area contributed by atoms with Gasteiger partial charge in [0.05, 0.1) is 27.1 Å². The van der Waals surface area contributed by atoms with Crippen molar-refractivity contribution in [1.29, 1.82) is 0 Å². The molecule has 0 unspecified atom stereocenters. The Morgan fingerprint density at radius 1 is 1.00 bits per heavy atom. The zero-order valence-electron chi connectivity index (χ0n) is 15.4. The largest absolute Gasteiger partial charge is 0.276 e. The zero-order chi connectivity index (χ0) is 20.5. The van der Waals surface area contributed by atoms with E-state index in [1.165, 1.54) is 12.1 Å². The van der Waals surface area contributed by atoms with Crippen molar-refractivity contribution < 1.29 is 8.42 Å². The van der Waals surface area contributed by atoms with Gasteiger partial charge in [0.1, 0.15) is 4.90 Å². The van der Waals surface area contributed by atoms with Gasteiger partial charge in [-0.2, -0.15) is 5.10 Å². The number of aryl methyl sites for hydroxylation is 2. The number of anilines is 1. The molecule has 8 heteroatoms. The van der Waals surface area contributed by atoms with E-state index in [0.29, 0.717) is 22.6 Å². The lowest BCUT2D eigenvalue weighted by Gasteiger charge is -2.12. The maximum Gasteiger partial charge on any atom is 0.264 e. The lowest BCUT2D eigenvalue weighted by Crippen LogP contribution is -2.15. The van der Waals surface area contributed by atoms with E-state index in [4.69, 9.17) is 23.2 Å². The summed E-state index contributed by atoms with van der Waals surface area (Å²) in [5, 5.41) is 4.20. The first-order chi connectivity index (χ1) is 13.2. The van der Waals surface area contributed by atoms with E-state index in [0.717, 1.165) is 5.56 Å². The third-order valence-corrected chi connectivity index (χ3v) is 6.41. The van der Waals surface area contributed by atoms with Gasteiger partial charge in [-0.1, -0.05) is 53.2 Å². The molecule has 1 aromatic heterocycles. The fourth-order valence-corrected chi connectivity index (χ4v) is 5.06. The monoisotopic (exact) mass is 433 g/mol. The number of halogens is 2. The molecular weight excluding hydrogens is 417 g/mol. The summed E-state index contributed by atoms with van der Waals surface area (Å²) in [5.41, 5.74) is 2.99. The molecule has 3 rings (SSSR count). The SMILES string of the molecule is Cc1nn(C)c(C)c1NS(=O)(=O)c1c(Cl)cc(C#Cc2ccccc2)cc1Cl. The van der Waals surface area contributed by atoms with Crippen LogP contribution in [-0.2, 0) is 17.1 Å². The van der Waals surface area contributed by atoms with E-state index >= 15 is 0 Å². The van der Waals surface area contributed by atoms with Gasteiger partial charge in [-0.15, -0.1) is 0 Å². The highest BCUT2D eigenvalue weighted by Crippen LogP contribution is 2.33. The summed E-state index contributed by atoms with van der Waals surface area (Å²) in [6, 6.07) is 12.4. The van der Waals surface area contributed by atoms with Crippen molar-refractivity contribution in [3.8, 4) is 11.8 Å². The summed E-state index contributed by atoms with van der Waals surface area (Å²) in [4.78, 5) is -0.191. The third-order valence-electron chi connectivity index (χ3n) is 4.14. The maximum absolute atomic E-state index is 12.9. The molecule has 2 aromatic carbocycles. The van der Waals surface area contributed by atoms with Crippen LogP contribution in [0.3, 0.4) is 0 Å². The van der Waals surface area contributed by atoms with Gasteiger partial charge < -0.3 is 0 Å². The van der Waals surface area contributed by atoms with Gasteiger partial charge in [0, 0.05) is 18.2 Å². The van der Waals surface area contributed by atoms with Crippen molar-refractivity contribution in [2.45, 2.75) is 18.7 Å². The Bertz CT molecular complexity index is 1180. The van der Waals surface area contributed by atoms with Crippen LogP contribution in [0.1, 0.15) is 22.5 Å². The number of benzene rings is 2. The number of hydrogen-bond acceptors (Lipinski definition) is 3. The maximum atomic E-state index is 12.9. The predicted octanol–water partition coefficient (Wildman–Crippen LogP) is 4.54. The number of nitrogens with one attached hydrogen (secondary N) is 1. The van der Waals surface area contributed by atoms with Crippen LogP contribution in [0, 0.1) is 25.7 Å². The molecule has 0 atom stereocenters. The minimum Gasteiger partial charge on any atom is -0.276 e. The van der Waals surface area contributed by atoms with Crippen molar-refractivity contribution in [2.24, 2.45) is 7.05 Å². The first-order valence-electron chi connectivity index (χ1n) is 8.28. The van der Waals surface area contributed by atoms with E-state index in [2.05, 4.69) is 21.7 Å². The number of nitrogens with zero attached hydrogens (tertiary/aromatic N) is 2. The quantitative estimate of drug-likeness (QED) is 0.616. The van der Waals surface area contributed by atoms with E-state index in [1.807, 2.05) is 30.3 Å². The second-order valence-corrected chi connectivity index (χ2v) is 8.59. The normalized spacial score (nSPS) is 11.0. The molecule has 1 heterocycles. The summed E-state index contributed by atoms with van der Waals surface area (Å²) in [7, 11) is -2.27. The van der Waals surface area contributed by atoms with E-state index in [9.17, 15) is 8.42 Å². The minimum atomic E-state index is -4.01. The molecule has 3 aromatic rings. The van der Waals surface area contributed by atoms with Crippen LogP contribution < -0.4 is 4.72 Å². The Morgan fingerprint density at radius 2 is 1.57 bits per heavy atom. The van der Waals surface area contributed by atoms with Crippen molar-refractivity contribution in [3.63, 3.8) is 0 Å². The molecule has 28 heavy (non-hydrogen) atoms. The van der Waals surface area contributed by atoms with Gasteiger partial charge >= 0.3 is 0 Å². The highest BCUT2D eigenvalue weighted by atomic mass is 35.5. The molecule has 1 N–H and O–H groups in total. The Labute approximate surface area is 174 Å². The average molecular weight is 434 g/mol. The topological polar surface area (TPSA) is 64.0 Å². The van der Waals surface area contributed by atoms with Crippen LogP contribution in [0.15, 0.2) is 47.4 Å². The van der Waals surface area contributed by atoms with E-state index in [1.54, 1.807) is 25.6 Å². The molecule has 0 aliphatic carbocycles. The van der Waals surface area contributed by atoms with Crippen molar-refractivity contribution in [3.05, 3.63) is 75.0 Å². The molecule has 144 valence electrons. The van der Waals surface area contributed by atoms with Crippen LogP contribution in [0.5, 0.6) is 0 Å². The molecule has 0 saturated carbocycles. The van der Waals surface area contributed by atoms with Crippen LogP contribution in [0.25, 0.3) is 0 Å². The molecule has 5 nitrogen and oxygen atoms in total. The smallest absolute Gasteiger partial charge is 0.264 e. The Balaban J connectivity index is 1.97. The molecule has 0 spiro atoms. The molecule has 0 aliphatic heterocycles. The van der Waals surface area contributed by atoms with Crippen LogP contribution in [0.4, 0.5) is 5.69 Å². The Morgan fingerprint density at radius 3 is 2.11 bits per heavy atom. The number of sulfonamides is 1. The number of aromatic nitrogens is 2. The van der Waals surface area contributed by atoms with Crippen LogP contribution in [0.2, 0.25) is 10.0 Å². The van der Waals surface area contributed by atoms with E-state index < -0.39 is 10.0 Å². The summed E-state index contributed by atoms with van der Waals surface area (Å²) in [5.74, 6) is 5.93. The predicted molar refractivity (Wildman–Crippen MR) is 112 cm³/mol. The average Bonchev–Trinajstić information content (AvgIpc) is 2.86. The van der Waals surface area contributed by atoms with Crippen molar-refractivity contribution in [1.82, 2.24) is 9.78 Å². The van der Waals surface area contributed by atoms with Gasteiger partial charge in [0.2, 0.25) is 0 Å². The molecule has 0 amide bonds. The minimum absolute atomic E-state index is 0.00319. The highest BCUT2D eigenvalue weighted by Gasteiger charge is 2.25. The Kier molecular flexibility index (Phi) is 5.71. The number of hydrogen-bond donors (Lipinski definition) is 1. The summed E-state index contributed by atoms with van der Waals surface area (Å²) in [6.45, 7) is 3.49. The van der Waals surface area contributed by atoms with Gasteiger partial charge in [-0.3, -0.25) is 9.40 Å². The molecule has 0 aliphatic rings. The van der Waals surface area contributed by atoms with E-state index in [-0.39, 0.29) is 14.9 Å². The van der Waals surface area contributed by atoms with Crippen LogP contribution >= 0.6 is 23.2 Å². The van der Waals surface area contributed by atoms with Crippen molar-refractivity contribution >= 4 is 38.9 Å². The fourth-order valence-electron chi connectivity index (χ4n) is 2.66. The second kappa shape index (κ2) is 7.88. The summed E-state index contributed by atoms with van der Waals surface area (Å²) >= 11 is 12.5. The lowest BCUT2D eigenvalue weighted by molar-refractivity contribution is 0.601. The molecule has 0 saturated heterocycles. The van der Waals surface area contributed by atoms with Gasteiger partial charge in [-0.25, -0.2) is 8.42 Å². The molecule has 0 bridgehead atoms. The summed E-state index contributed by atoms with van der Waals surface area (Å²) < 4.78 is 29.9.